The van der Waals surface area contributed by atoms with Crippen molar-refractivity contribution in [2.24, 2.45) is 0 Å². The van der Waals surface area contributed by atoms with Gasteiger partial charge in [0.05, 0.1) is 12.5 Å². The molecule has 3 N–H and O–H groups in total. The van der Waals surface area contributed by atoms with E-state index >= 15 is 0 Å². The van der Waals surface area contributed by atoms with Gasteiger partial charge in [0, 0.05) is 20.2 Å². The SMILES string of the molecule is COC(CNC(=O)NCCC(=O)O)c1ccccc1. The summed E-state index contributed by atoms with van der Waals surface area (Å²) in [4.78, 5) is 21.7. The van der Waals surface area contributed by atoms with Crippen LogP contribution in [0.2, 0.25) is 0 Å². The largest absolute Gasteiger partial charge is 0.481 e. The second-order valence-electron chi connectivity index (χ2n) is 3.92. The molecule has 0 saturated carbocycles. The first-order chi connectivity index (χ1) is 9.13. The van der Waals surface area contributed by atoms with Gasteiger partial charge in [-0.15, -0.1) is 0 Å². The van der Waals surface area contributed by atoms with E-state index in [1.54, 1.807) is 7.11 Å². The van der Waals surface area contributed by atoms with Crippen molar-refractivity contribution < 1.29 is 19.4 Å². The van der Waals surface area contributed by atoms with Crippen LogP contribution in [-0.4, -0.2) is 37.3 Å². The van der Waals surface area contributed by atoms with Gasteiger partial charge in [0.25, 0.3) is 0 Å². The Labute approximate surface area is 111 Å². The molecule has 0 spiro atoms. The van der Waals surface area contributed by atoms with Gasteiger partial charge in [0.1, 0.15) is 0 Å². The molecular formula is C13H18N2O4. The highest BCUT2D eigenvalue weighted by molar-refractivity contribution is 5.75. The van der Waals surface area contributed by atoms with Crippen molar-refractivity contribution in [3.05, 3.63) is 35.9 Å². The van der Waals surface area contributed by atoms with E-state index in [1.807, 2.05) is 30.3 Å². The summed E-state index contributed by atoms with van der Waals surface area (Å²) in [5.74, 6) is -0.945. The molecule has 0 fully saturated rings. The van der Waals surface area contributed by atoms with Gasteiger partial charge in [-0.3, -0.25) is 4.79 Å². The molecule has 6 heteroatoms. The van der Waals surface area contributed by atoms with Crippen LogP contribution in [0.15, 0.2) is 30.3 Å². The topological polar surface area (TPSA) is 87.7 Å². The number of urea groups is 1. The van der Waals surface area contributed by atoms with Crippen molar-refractivity contribution in [3.63, 3.8) is 0 Å². The van der Waals surface area contributed by atoms with Crippen LogP contribution in [0.5, 0.6) is 0 Å². The lowest BCUT2D eigenvalue weighted by Crippen LogP contribution is -2.39. The molecule has 0 aliphatic heterocycles. The summed E-state index contributed by atoms with van der Waals surface area (Å²) in [6.45, 7) is 0.420. The molecule has 1 unspecified atom stereocenters. The molecule has 0 aliphatic rings. The molecule has 19 heavy (non-hydrogen) atoms. The number of hydrogen-bond acceptors (Lipinski definition) is 3. The lowest BCUT2D eigenvalue weighted by molar-refractivity contribution is -0.136. The van der Waals surface area contributed by atoms with Crippen molar-refractivity contribution in [3.8, 4) is 0 Å². The van der Waals surface area contributed by atoms with Crippen molar-refractivity contribution >= 4 is 12.0 Å². The molecule has 0 aliphatic carbocycles. The summed E-state index contributed by atoms with van der Waals surface area (Å²) in [6, 6.07) is 9.13. The minimum absolute atomic E-state index is 0.0974. The average Bonchev–Trinajstić information content (AvgIpc) is 2.40. The predicted molar refractivity (Wildman–Crippen MR) is 69.8 cm³/mol. The minimum Gasteiger partial charge on any atom is -0.481 e. The van der Waals surface area contributed by atoms with Crippen LogP contribution in [0, 0.1) is 0 Å². The van der Waals surface area contributed by atoms with Crippen molar-refractivity contribution in [1.82, 2.24) is 10.6 Å². The standard InChI is InChI=1S/C13H18N2O4/c1-19-11(10-5-3-2-4-6-10)9-15-13(18)14-8-7-12(16)17/h2-6,11H,7-9H2,1H3,(H,16,17)(H2,14,15,18). The van der Waals surface area contributed by atoms with Crippen molar-refractivity contribution in [1.29, 1.82) is 0 Å². The Morgan fingerprint density at radius 2 is 1.95 bits per heavy atom. The number of rotatable bonds is 7. The lowest BCUT2D eigenvalue weighted by Gasteiger charge is -2.16. The Bertz CT molecular complexity index is 408. The highest BCUT2D eigenvalue weighted by Crippen LogP contribution is 2.14. The Morgan fingerprint density at radius 3 is 2.53 bits per heavy atom. The van der Waals surface area contributed by atoms with E-state index in [0.717, 1.165) is 5.56 Å². The molecule has 2 amide bonds. The molecule has 1 rings (SSSR count). The van der Waals surface area contributed by atoms with E-state index < -0.39 is 12.0 Å². The molecule has 6 nitrogen and oxygen atoms in total. The van der Waals surface area contributed by atoms with Crippen molar-refractivity contribution in [2.75, 3.05) is 20.2 Å². The molecule has 104 valence electrons. The summed E-state index contributed by atoms with van der Waals surface area (Å²) < 4.78 is 5.29. The van der Waals surface area contributed by atoms with Crippen LogP contribution in [-0.2, 0) is 9.53 Å². The molecule has 1 atom stereocenters. The number of carbonyl (C=O) groups is 2. The maximum absolute atomic E-state index is 11.4. The number of carbonyl (C=O) groups excluding carboxylic acids is 1. The van der Waals surface area contributed by atoms with Gasteiger partial charge in [-0.2, -0.15) is 0 Å². The van der Waals surface area contributed by atoms with Crippen LogP contribution in [0.4, 0.5) is 4.79 Å². The minimum atomic E-state index is -0.945. The van der Waals surface area contributed by atoms with E-state index in [2.05, 4.69) is 10.6 Å². The van der Waals surface area contributed by atoms with Gasteiger partial charge in [-0.05, 0) is 5.56 Å². The van der Waals surface area contributed by atoms with Crippen LogP contribution in [0.3, 0.4) is 0 Å². The zero-order valence-corrected chi connectivity index (χ0v) is 10.8. The summed E-state index contributed by atoms with van der Waals surface area (Å²) in [7, 11) is 1.57. The molecular weight excluding hydrogens is 248 g/mol. The fraction of sp³-hybridized carbons (Fsp3) is 0.385. The predicted octanol–water partition coefficient (Wildman–Crippen LogP) is 1.15. The summed E-state index contributed by atoms with van der Waals surface area (Å²) in [6.07, 6.45) is -0.328. The van der Waals surface area contributed by atoms with Gasteiger partial charge >= 0.3 is 12.0 Å². The van der Waals surface area contributed by atoms with Gasteiger partial charge < -0.3 is 20.5 Å². The second kappa shape index (κ2) is 8.10. The monoisotopic (exact) mass is 266 g/mol. The van der Waals surface area contributed by atoms with Crippen LogP contribution < -0.4 is 10.6 Å². The lowest BCUT2D eigenvalue weighted by atomic mass is 10.1. The van der Waals surface area contributed by atoms with E-state index in [1.165, 1.54) is 0 Å². The molecule has 1 aromatic rings. The van der Waals surface area contributed by atoms with Gasteiger partial charge in [0.2, 0.25) is 0 Å². The number of benzene rings is 1. The Balaban J connectivity index is 2.33. The normalized spacial score (nSPS) is 11.6. The zero-order valence-electron chi connectivity index (χ0n) is 10.8. The van der Waals surface area contributed by atoms with Crippen LogP contribution in [0.1, 0.15) is 18.1 Å². The van der Waals surface area contributed by atoms with Crippen LogP contribution in [0.25, 0.3) is 0 Å². The van der Waals surface area contributed by atoms with E-state index in [4.69, 9.17) is 9.84 Å². The van der Waals surface area contributed by atoms with Gasteiger partial charge in [-0.1, -0.05) is 30.3 Å². The zero-order chi connectivity index (χ0) is 14.1. The molecule has 1 aromatic carbocycles. The summed E-state index contributed by atoms with van der Waals surface area (Å²) in [5, 5.41) is 13.5. The number of carboxylic acids is 1. The fourth-order valence-electron chi connectivity index (χ4n) is 1.54. The number of nitrogens with one attached hydrogen (secondary N) is 2. The summed E-state index contributed by atoms with van der Waals surface area (Å²) in [5.41, 5.74) is 0.968. The maximum Gasteiger partial charge on any atom is 0.314 e. The number of aliphatic carboxylic acids is 1. The highest BCUT2D eigenvalue weighted by atomic mass is 16.5. The quantitative estimate of drug-likeness (QED) is 0.690. The third kappa shape index (κ3) is 5.87. The third-order valence-corrected chi connectivity index (χ3v) is 2.53. The number of methoxy groups -OCH3 is 1. The molecule has 0 bridgehead atoms. The maximum atomic E-state index is 11.4. The molecule has 0 saturated heterocycles. The number of amides is 2. The Hall–Kier alpha value is -2.08. The second-order valence-corrected chi connectivity index (χ2v) is 3.92. The molecule has 0 radical (unpaired) electrons. The number of carboxylic acid groups (broad SMARTS) is 1. The molecule has 0 heterocycles. The van der Waals surface area contributed by atoms with Crippen LogP contribution >= 0.6 is 0 Å². The van der Waals surface area contributed by atoms with Gasteiger partial charge in [-0.25, -0.2) is 4.79 Å². The Morgan fingerprint density at radius 1 is 1.26 bits per heavy atom. The number of hydrogen-bond donors (Lipinski definition) is 3. The first-order valence-corrected chi connectivity index (χ1v) is 5.94. The smallest absolute Gasteiger partial charge is 0.314 e. The molecule has 0 aromatic heterocycles. The third-order valence-electron chi connectivity index (χ3n) is 2.53. The van der Waals surface area contributed by atoms with E-state index in [9.17, 15) is 9.59 Å². The van der Waals surface area contributed by atoms with Gasteiger partial charge in [0.15, 0.2) is 0 Å². The Kier molecular flexibility index (Phi) is 6.38. The van der Waals surface area contributed by atoms with E-state index in [0.29, 0.717) is 6.54 Å². The first kappa shape index (κ1) is 15.0. The van der Waals surface area contributed by atoms with Crippen molar-refractivity contribution in [2.45, 2.75) is 12.5 Å². The number of ether oxygens (including phenoxy) is 1. The van der Waals surface area contributed by atoms with E-state index in [-0.39, 0.29) is 19.1 Å². The first-order valence-electron chi connectivity index (χ1n) is 5.94. The average molecular weight is 266 g/mol. The summed E-state index contributed by atoms with van der Waals surface area (Å²) >= 11 is 0. The fourth-order valence-corrected chi connectivity index (χ4v) is 1.54. The highest BCUT2D eigenvalue weighted by Gasteiger charge is 2.11.